The Morgan fingerprint density at radius 2 is 1.56 bits per heavy atom. The van der Waals surface area contributed by atoms with E-state index in [1.54, 1.807) is 0 Å². The van der Waals surface area contributed by atoms with Crippen LogP contribution in [0.1, 0.15) is 21.5 Å². The van der Waals surface area contributed by atoms with Crippen LogP contribution in [0.25, 0.3) is 11.1 Å². The number of benzene rings is 2. The highest BCUT2D eigenvalue weighted by molar-refractivity contribution is 5.88. The first kappa shape index (κ1) is 10.6. The van der Waals surface area contributed by atoms with E-state index in [2.05, 4.69) is 13.0 Å². The summed E-state index contributed by atoms with van der Waals surface area (Å²) >= 11 is 0. The summed E-state index contributed by atoms with van der Waals surface area (Å²) in [5.41, 5.74) is 5.23. The fraction of sp³-hybridized carbons (Fsp3) is 0.133. The summed E-state index contributed by atoms with van der Waals surface area (Å²) in [5.74, 6) is 0. The van der Waals surface area contributed by atoms with Crippen LogP contribution >= 0.6 is 0 Å². The molecule has 0 saturated heterocycles. The summed E-state index contributed by atoms with van der Waals surface area (Å²) in [4.78, 5) is 11.1. The van der Waals surface area contributed by atoms with Crippen molar-refractivity contribution >= 4 is 6.29 Å². The molecule has 0 aliphatic carbocycles. The molecule has 1 heteroatoms. The van der Waals surface area contributed by atoms with Crippen LogP contribution in [0.2, 0.25) is 0 Å². The monoisotopic (exact) mass is 210 g/mol. The Bertz CT molecular complexity index is 512. The Kier molecular flexibility index (Phi) is 2.86. The molecule has 0 amide bonds. The topological polar surface area (TPSA) is 17.1 Å². The zero-order valence-electron chi connectivity index (χ0n) is 9.53. The van der Waals surface area contributed by atoms with Crippen molar-refractivity contribution in [1.82, 2.24) is 0 Å². The first-order chi connectivity index (χ1) is 7.72. The van der Waals surface area contributed by atoms with Crippen LogP contribution in [0.4, 0.5) is 0 Å². The molecule has 0 heterocycles. The van der Waals surface area contributed by atoms with Gasteiger partial charge in [0, 0.05) is 5.56 Å². The fourth-order valence-corrected chi connectivity index (χ4v) is 1.80. The largest absolute Gasteiger partial charge is 0.298 e. The maximum atomic E-state index is 11.1. The molecule has 1 nitrogen and oxygen atoms in total. The van der Waals surface area contributed by atoms with Crippen LogP contribution in [0, 0.1) is 13.8 Å². The molecule has 0 radical (unpaired) electrons. The summed E-state index contributed by atoms with van der Waals surface area (Å²) < 4.78 is 0. The maximum absolute atomic E-state index is 11.1. The Morgan fingerprint density at radius 1 is 0.938 bits per heavy atom. The number of hydrogen-bond donors (Lipinski definition) is 0. The molecule has 0 atom stereocenters. The second-order valence-electron chi connectivity index (χ2n) is 4.01. The van der Waals surface area contributed by atoms with E-state index in [1.807, 2.05) is 43.3 Å². The van der Waals surface area contributed by atoms with E-state index in [1.165, 1.54) is 5.56 Å². The lowest BCUT2D eigenvalue weighted by Gasteiger charge is -2.09. The Balaban J connectivity index is 2.65. The van der Waals surface area contributed by atoms with Gasteiger partial charge in [0.15, 0.2) is 6.29 Å². The Labute approximate surface area is 95.7 Å². The number of hydrogen-bond acceptors (Lipinski definition) is 1. The van der Waals surface area contributed by atoms with Crippen molar-refractivity contribution in [3.8, 4) is 11.1 Å². The van der Waals surface area contributed by atoms with E-state index in [9.17, 15) is 4.79 Å². The minimum absolute atomic E-state index is 0.759. The molecule has 16 heavy (non-hydrogen) atoms. The molecule has 0 aromatic heterocycles. The molecular formula is C15H14O. The summed E-state index contributed by atoms with van der Waals surface area (Å²) in [6.07, 6.45) is 0.925. The van der Waals surface area contributed by atoms with Gasteiger partial charge in [0.05, 0.1) is 0 Å². The van der Waals surface area contributed by atoms with Gasteiger partial charge in [-0.2, -0.15) is 0 Å². The van der Waals surface area contributed by atoms with Crippen LogP contribution in [0.3, 0.4) is 0 Å². The first-order valence-electron chi connectivity index (χ1n) is 5.34. The molecule has 0 aliphatic heterocycles. The fourth-order valence-electron chi connectivity index (χ4n) is 1.80. The van der Waals surface area contributed by atoms with Gasteiger partial charge < -0.3 is 0 Å². The molecule has 0 saturated carbocycles. The van der Waals surface area contributed by atoms with Crippen molar-refractivity contribution in [2.75, 3.05) is 0 Å². The quantitative estimate of drug-likeness (QED) is 0.689. The minimum atomic E-state index is 0.759. The van der Waals surface area contributed by atoms with Crippen LogP contribution < -0.4 is 0 Å². The van der Waals surface area contributed by atoms with E-state index in [0.717, 1.165) is 28.5 Å². The standard InChI is InChI=1S/C15H14O/c1-11-8-14(10-16)15(9-12(11)2)13-6-4-3-5-7-13/h3-10H,1-2H3. The van der Waals surface area contributed by atoms with Crippen LogP contribution in [0.15, 0.2) is 42.5 Å². The van der Waals surface area contributed by atoms with Crippen LogP contribution in [-0.2, 0) is 0 Å². The summed E-state index contributed by atoms with van der Waals surface area (Å²) in [6, 6.07) is 14.0. The molecule has 0 bridgehead atoms. The summed E-state index contributed by atoms with van der Waals surface area (Å²) in [5, 5.41) is 0. The molecule has 2 aromatic carbocycles. The van der Waals surface area contributed by atoms with Gasteiger partial charge in [-0.25, -0.2) is 0 Å². The van der Waals surface area contributed by atoms with Crippen molar-refractivity contribution in [1.29, 1.82) is 0 Å². The zero-order chi connectivity index (χ0) is 11.5. The molecule has 0 spiro atoms. The molecule has 0 N–H and O–H groups in total. The first-order valence-corrected chi connectivity index (χ1v) is 5.34. The predicted molar refractivity (Wildman–Crippen MR) is 66.7 cm³/mol. The third kappa shape index (κ3) is 1.89. The molecule has 2 aromatic rings. The average molecular weight is 210 g/mol. The van der Waals surface area contributed by atoms with E-state index in [4.69, 9.17) is 0 Å². The number of aldehydes is 1. The average Bonchev–Trinajstić information content (AvgIpc) is 2.33. The molecule has 0 unspecified atom stereocenters. The van der Waals surface area contributed by atoms with Gasteiger partial charge in [0.25, 0.3) is 0 Å². The third-order valence-electron chi connectivity index (χ3n) is 2.88. The van der Waals surface area contributed by atoms with Gasteiger partial charge >= 0.3 is 0 Å². The van der Waals surface area contributed by atoms with Gasteiger partial charge in [-0.3, -0.25) is 4.79 Å². The highest BCUT2D eigenvalue weighted by Gasteiger charge is 2.06. The summed E-state index contributed by atoms with van der Waals surface area (Å²) in [6.45, 7) is 4.09. The van der Waals surface area contributed by atoms with E-state index in [-0.39, 0.29) is 0 Å². The van der Waals surface area contributed by atoms with Gasteiger partial charge in [0.2, 0.25) is 0 Å². The van der Waals surface area contributed by atoms with Crippen molar-refractivity contribution in [3.05, 3.63) is 59.2 Å². The van der Waals surface area contributed by atoms with Gasteiger partial charge in [0.1, 0.15) is 0 Å². The molecule has 80 valence electrons. The normalized spacial score (nSPS) is 10.1. The second kappa shape index (κ2) is 4.31. The van der Waals surface area contributed by atoms with Gasteiger partial charge in [-0.15, -0.1) is 0 Å². The number of carbonyl (C=O) groups is 1. The van der Waals surface area contributed by atoms with Crippen LogP contribution in [-0.4, -0.2) is 6.29 Å². The Hall–Kier alpha value is -1.89. The lowest BCUT2D eigenvalue weighted by molar-refractivity contribution is 0.112. The second-order valence-corrected chi connectivity index (χ2v) is 4.01. The maximum Gasteiger partial charge on any atom is 0.150 e. The predicted octanol–water partition coefficient (Wildman–Crippen LogP) is 3.78. The van der Waals surface area contributed by atoms with Crippen molar-refractivity contribution in [3.63, 3.8) is 0 Å². The lowest BCUT2D eigenvalue weighted by Crippen LogP contribution is -1.91. The lowest BCUT2D eigenvalue weighted by atomic mass is 9.95. The van der Waals surface area contributed by atoms with Crippen LogP contribution in [0.5, 0.6) is 0 Å². The number of carbonyl (C=O) groups excluding carboxylic acids is 1. The minimum Gasteiger partial charge on any atom is -0.298 e. The molecule has 0 fully saturated rings. The van der Waals surface area contributed by atoms with E-state index < -0.39 is 0 Å². The van der Waals surface area contributed by atoms with Crippen molar-refractivity contribution < 1.29 is 4.79 Å². The van der Waals surface area contributed by atoms with Crippen molar-refractivity contribution in [2.24, 2.45) is 0 Å². The Morgan fingerprint density at radius 3 is 2.19 bits per heavy atom. The van der Waals surface area contributed by atoms with Crippen molar-refractivity contribution in [2.45, 2.75) is 13.8 Å². The van der Waals surface area contributed by atoms with Gasteiger partial charge in [-0.1, -0.05) is 36.4 Å². The highest BCUT2D eigenvalue weighted by atomic mass is 16.1. The smallest absolute Gasteiger partial charge is 0.150 e. The number of rotatable bonds is 2. The van der Waals surface area contributed by atoms with E-state index in [0.29, 0.717) is 0 Å². The number of aryl methyl sites for hydroxylation is 2. The summed E-state index contributed by atoms with van der Waals surface area (Å²) in [7, 11) is 0. The van der Waals surface area contributed by atoms with Gasteiger partial charge in [-0.05, 0) is 42.2 Å². The SMILES string of the molecule is Cc1cc(C=O)c(-c2ccccc2)cc1C. The highest BCUT2D eigenvalue weighted by Crippen LogP contribution is 2.25. The molecule has 2 rings (SSSR count). The third-order valence-corrected chi connectivity index (χ3v) is 2.88. The molecular weight excluding hydrogens is 196 g/mol. The zero-order valence-corrected chi connectivity index (χ0v) is 9.53. The van der Waals surface area contributed by atoms with E-state index >= 15 is 0 Å². The molecule has 0 aliphatic rings.